The number of nitrogens with two attached hydrogens (primary N) is 1. The highest BCUT2D eigenvalue weighted by Gasteiger charge is 2.46. The summed E-state index contributed by atoms with van der Waals surface area (Å²) in [5, 5.41) is 0.675. The molecule has 7 rings (SSSR count). The quantitative estimate of drug-likeness (QED) is 0.177. The van der Waals surface area contributed by atoms with E-state index < -0.39 is 0 Å². The Kier molecular flexibility index (Phi) is 9.71. The first-order valence-electron chi connectivity index (χ1n) is 18.0. The number of nitrogen functional groups attached to an aromatic ring is 1. The Labute approximate surface area is 293 Å². The molecule has 2 saturated carbocycles. The van der Waals surface area contributed by atoms with E-state index in [0.29, 0.717) is 78.5 Å². The zero-order valence-corrected chi connectivity index (χ0v) is 29.5. The number of carbonyl (C=O) groups excluding carboxylic acids is 1. The van der Waals surface area contributed by atoms with E-state index in [-0.39, 0.29) is 23.9 Å². The fourth-order valence-electron chi connectivity index (χ4n) is 8.20. The second-order valence-corrected chi connectivity index (χ2v) is 14.4. The van der Waals surface area contributed by atoms with E-state index >= 15 is 0 Å². The van der Waals surface area contributed by atoms with E-state index in [1.54, 1.807) is 32.4 Å². The number of ether oxygens (including phenoxy) is 3. The molecule has 2 aliphatic carbocycles. The molecule has 50 heavy (non-hydrogen) atoms. The van der Waals surface area contributed by atoms with Crippen LogP contribution in [0.25, 0.3) is 10.9 Å². The van der Waals surface area contributed by atoms with Crippen molar-refractivity contribution in [1.29, 1.82) is 0 Å². The van der Waals surface area contributed by atoms with Crippen molar-refractivity contribution in [3.8, 4) is 17.2 Å². The lowest BCUT2D eigenvalue weighted by molar-refractivity contribution is -0.132. The molecule has 1 aromatic heterocycles. The molecule has 3 aromatic carbocycles. The van der Waals surface area contributed by atoms with E-state index in [0.717, 1.165) is 35.1 Å². The summed E-state index contributed by atoms with van der Waals surface area (Å²) in [7, 11) is 3.17. The standard InChI is InChI=1S/C40H48FN5O4/c1-24(2)29-13-14-30(29)31-15-16-35(31)50-28-7-5-6-26(20-28)34-23-45(38(47)17-10-25-8-11-27(41)12-9-25)18-19-46(34)40-43-33-22-37(49-4)36(48-3)21-32(33)39(42)44-40/h5-9,11-12,20-22,24,29-31,34-35H,10,13-19,23H2,1-4H3,(H2,42,43,44). The summed E-state index contributed by atoms with van der Waals surface area (Å²) in [6.45, 7) is 6.16. The first-order valence-corrected chi connectivity index (χ1v) is 18.0. The first kappa shape index (κ1) is 33.9. The van der Waals surface area contributed by atoms with Crippen LogP contribution >= 0.6 is 0 Å². The van der Waals surface area contributed by atoms with E-state index in [1.165, 1.54) is 31.4 Å². The number of aryl methyl sites for hydroxylation is 1. The molecule has 0 spiro atoms. The van der Waals surface area contributed by atoms with Gasteiger partial charge in [-0.3, -0.25) is 4.79 Å². The van der Waals surface area contributed by atoms with Crippen LogP contribution in [-0.2, 0) is 11.2 Å². The molecule has 1 amide bonds. The van der Waals surface area contributed by atoms with Crippen LogP contribution in [0.3, 0.4) is 0 Å². The van der Waals surface area contributed by atoms with Crippen molar-refractivity contribution in [3.63, 3.8) is 0 Å². The molecule has 5 unspecified atom stereocenters. The summed E-state index contributed by atoms with van der Waals surface area (Å²) in [4.78, 5) is 27.4. The van der Waals surface area contributed by atoms with Gasteiger partial charge in [-0.05, 0) is 97.2 Å². The lowest BCUT2D eigenvalue weighted by Gasteiger charge is -2.51. The maximum Gasteiger partial charge on any atom is 0.228 e. The van der Waals surface area contributed by atoms with Gasteiger partial charge in [0.25, 0.3) is 0 Å². The van der Waals surface area contributed by atoms with Gasteiger partial charge in [0, 0.05) is 37.5 Å². The predicted octanol–water partition coefficient (Wildman–Crippen LogP) is 7.23. The summed E-state index contributed by atoms with van der Waals surface area (Å²) in [6, 6.07) is 18.0. The number of hydrogen-bond donors (Lipinski definition) is 1. The van der Waals surface area contributed by atoms with Gasteiger partial charge in [0.1, 0.15) is 23.5 Å². The number of halogens is 1. The summed E-state index contributed by atoms with van der Waals surface area (Å²) in [5.74, 6) is 5.45. The largest absolute Gasteiger partial charge is 0.493 e. The van der Waals surface area contributed by atoms with Crippen molar-refractivity contribution in [2.75, 3.05) is 44.5 Å². The van der Waals surface area contributed by atoms with E-state index in [4.69, 9.17) is 29.9 Å². The molecule has 0 bridgehead atoms. The fourth-order valence-corrected chi connectivity index (χ4v) is 8.20. The van der Waals surface area contributed by atoms with E-state index in [1.807, 2.05) is 23.1 Å². The van der Waals surface area contributed by atoms with Crippen molar-refractivity contribution >= 4 is 28.6 Å². The molecular weight excluding hydrogens is 633 g/mol. The molecule has 10 heteroatoms. The lowest BCUT2D eigenvalue weighted by Crippen LogP contribution is -2.51. The van der Waals surface area contributed by atoms with Crippen LogP contribution in [0, 0.1) is 29.5 Å². The molecule has 1 saturated heterocycles. The van der Waals surface area contributed by atoms with Crippen LogP contribution in [-0.4, -0.2) is 60.7 Å². The highest BCUT2D eigenvalue weighted by molar-refractivity contribution is 5.92. The van der Waals surface area contributed by atoms with Gasteiger partial charge < -0.3 is 29.7 Å². The number of methoxy groups -OCH3 is 2. The van der Waals surface area contributed by atoms with Crippen molar-refractivity contribution in [2.45, 2.75) is 64.5 Å². The van der Waals surface area contributed by atoms with Crippen LogP contribution < -0.4 is 24.8 Å². The molecular formula is C40H48FN5O4. The first-order chi connectivity index (χ1) is 24.2. The lowest BCUT2D eigenvalue weighted by atomic mass is 9.57. The number of aromatic nitrogens is 2. The summed E-state index contributed by atoms with van der Waals surface area (Å²) < 4.78 is 31.2. The number of nitrogens with zero attached hydrogens (tertiary/aromatic N) is 4. The van der Waals surface area contributed by atoms with Crippen LogP contribution in [0.2, 0.25) is 0 Å². The Morgan fingerprint density at radius 3 is 2.38 bits per heavy atom. The molecule has 3 aliphatic rings. The topological polar surface area (TPSA) is 103 Å². The van der Waals surface area contributed by atoms with Crippen LogP contribution in [0.4, 0.5) is 16.2 Å². The average molecular weight is 682 g/mol. The Hall–Kier alpha value is -4.60. The number of amides is 1. The van der Waals surface area contributed by atoms with Crippen molar-refractivity contribution in [2.24, 2.45) is 23.7 Å². The zero-order valence-electron chi connectivity index (χ0n) is 29.5. The minimum atomic E-state index is -0.282. The van der Waals surface area contributed by atoms with Gasteiger partial charge in [0.05, 0.1) is 25.8 Å². The predicted molar refractivity (Wildman–Crippen MR) is 193 cm³/mol. The SMILES string of the molecule is COc1cc2nc(N3CCN(C(=O)CCc4ccc(F)cc4)CC3c3cccc(OC4CCC4C4CCC4C(C)C)c3)nc(N)c2cc1OC. The van der Waals surface area contributed by atoms with E-state index in [2.05, 4.69) is 30.9 Å². The molecule has 2 N–H and O–H groups in total. The van der Waals surface area contributed by atoms with Gasteiger partial charge >= 0.3 is 0 Å². The highest BCUT2D eigenvalue weighted by atomic mass is 19.1. The van der Waals surface area contributed by atoms with Crippen LogP contribution in [0.1, 0.15) is 63.1 Å². The number of anilines is 2. The number of rotatable bonds is 11. The molecule has 1 aliphatic heterocycles. The average Bonchev–Trinajstić information content (AvgIpc) is 3.10. The minimum absolute atomic E-state index is 0.0552. The van der Waals surface area contributed by atoms with Crippen molar-refractivity contribution < 1.29 is 23.4 Å². The minimum Gasteiger partial charge on any atom is -0.493 e. The Bertz CT molecular complexity index is 1840. The molecule has 2 heterocycles. The molecule has 264 valence electrons. The maximum absolute atomic E-state index is 13.6. The number of fused-ring (bicyclic) bond motifs is 1. The third-order valence-corrected chi connectivity index (χ3v) is 11.3. The smallest absolute Gasteiger partial charge is 0.228 e. The summed E-state index contributed by atoms with van der Waals surface area (Å²) in [6.07, 6.45) is 6.08. The third-order valence-electron chi connectivity index (χ3n) is 11.3. The Balaban J connectivity index is 1.16. The summed E-state index contributed by atoms with van der Waals surface area (Å²) in [5.41, 5.74) is 9.14. The second-order valence-electron chi connectivity index (χ2n) is 14.4. The number of piperazine rings is 1. The normalized spacial score (nSPS) is 23.4. The van der Waals surface area contributed by atoms with Crippen LogP contribution in [0.5, 0.6) is 17.2 Å². The maximum atomic E-state index is 13.6. The fraction of sp³-hybridized carbons (Fsp3) is 0.475. The third kappa shape index (κ3) is 6.76. The Morgan fingerprint density at radius 2 is 1.70 bits per heavy atom. The summed E-state index contributed by atoms with van der Waals surface area (Å²) >= 11 is 0. The van der Waals surface area contributed by atoms with E-state index in [9.17, 15) is 9.18 Å². The number of carbonyl (C=O) groups is 1. The number of hydrogen-bond acceptors (Lipinski definition) is 8. The molecule has 3 fully saturated rings. The van der Waals surface area contributed by atoms with Gasteiger partial charge in [-0.15, -0.1) is 0 Å². The molecule has 0 radical (unpaired) electrons. The number of benzene rings is 3. The molecule has 4 aromatic rings. The second kappa shape index (κ2) is 14.3. The van der Waals surface area contributed by atoms with Crippen LogP contribution in [0.15, 0.2) is 60.7 Å². The highest BCUT2D eigenvalue weighted by Crippen LogP contribution is 2.51. The van der Waals surface area contributed by atoms with Crippen molar-refractivity contribution in [1.82, 2.24) is 14.9 Å². The monoisotopic (exact) mass is 681 g/mol. The zero-order chi connectivity index (χ0) is 34.9. The van der Waals surface area contributed by atoms with Gasteiger partial charge in [0.2, 0.25) is 11.9 Å². The van der Waals surface area contributed by atoms with Crippen molar-refractivity contribution in [3.05, 3.63) is 77.6 Å². The van der Waals surface area contributed by atoms with Gasteiger partial charge in [0.15, 0.2) is 11.5 Å². The van der Waals surface area contributed by atoms with Gasteiger partial charge in [-0.1, -0.05) is 38.1 Å². The Morgan fingerprint density at radius 1 is 0.940 bits per heavy atom. The molecule has 5 atom stereocenters. The molecule has 9 nitrogen and oxygen atoms in total. The van der Waals surface area contributed by atoms with Gasteiger partial charge in [-0.2, -0.15) is 4.98 Å². The van der Waals surface area contributed by atoms with Gasteiger partial charge in [-0.25, -0.2) is 9.37 Å².